The van der Waals surface area contributed by atoms with Crippen molar-refractivity contribution in [1.29, 1.82) is 0 Å². The molecule has 38 heavy (non-hydrogen) atoms. The number of carbonyl (C=O) groups excluding carboxylic acids is 2. The van der Waals surface area contributed by atoms with Crippen LogP contribution < -0.4 is 10.6 Å². The van der Waals surface area contributed by atoms with Crippen LogP contribution in [-0.4, -0.2) is 82.2 Å². The molecule has 2 fully saturated rings. The number of alkyl halides is 3. The maximum atomic E-state index is 13.1. The van der Waals surface area contributed by atoms with Crippen LogP contribution >= 0.6 is 0 Å². The van der Waals surface area contributed by atoms with E-state index in [1.165, 1.54) is 17.0 Å². The fourth-order valence-electron chi connectivity index (χ4n) is 4.72. The van der Waals surface area contributed by atoms with Gasteiger partial charge in [-0.15, -0.1) is 0 Å². The Morgan fingerprint density at radius 1 is 1.18 bits per heavy atom. The molecule has 0 unspecified atom stereocenters. The van der Waals surface area contributed by atoms with Gasteiger partial charge in [0.05, 0.1) is 62.0 Å². The summed E-state index contributed by atoms with van der Waals surface area (Å²) in [5.74, 6) is -0.150. The highest BCUT2D eigenvalue weighted by molar-refractivity contribution is 5.89. The van der Waals surface area contributed by atoms with Crippen molar-refractivity contribution in [2.24, 2.45) is 7.05 Å². The zero-order chi connectivity index (χ0) is 27.3. The number of β-amino-alcohol motifs (C(OH)–C–C–N with tert-alkyl or cyclic N) is 1. The molecule has 10 nitrogen and oxygen atoms in total. The number of carbonyl (C=O) groups is 2. The minimum absolute atomic E-state index is 0.00465. The van der Waals surface area contributed by atoms with Gasteiger partial charge >= 0.3 is 12.2 Å². The Hall–Kier alpha value is -3.16. The number of nitrogens with one attached hydrogen (secondary N) is 2. The van der Waals surface area contributed by atoms with Crippen molar-refractivity contribution in [3.05, 3.63) is 48.0 Å². The molecule has 1 aromatic heterocycles. The first kappa shape index (κ1) is 27.9. The fourth-order valence-corrected chi connectivity index (χ4v) is 4.72. The molecule has 2 aromatic rings. The lowest BCUT2D eigenvalue weighted by molar-refractivity contribution is -0.149. The average molecular weight is 540 g/mol. The van der Waals surface area contributed by atoms with Crippen LogP contribution in [0.15, 0.2) is 36.8 Å². The second-order valence-electron chi connectivity index (χ2n) is 9.62. The smallest absolute Gasteiger partial charge is 0.389 e. The predicted molar refractivity (Wildman–Crippen MR) is 130 cm³/mol. The van der Waals surface area contributed by atoms with Crippen molar-refractivity contribution in [3.8, 4) is 0 Å². The first-order chi connectivity index (χ1) is 18.1. The van der Waals surface area contributed by atoms with Gasteiger partial charge in [0.15, 0.2) is 0 Å². The molecular formula is C25H32F3N5O5. The summed E-state index contributed by atoms with van der Waals surface area (Å²) < 4.78 is 52.1. The van der Waals surface area contributed by atoms with Crippen LogP contribution in [0.1, 0.15) is 30.5 Å². The third-order valence-electron chi connectivity index (χ3n) is 6.58. The Labute approximate surface area is 218 Å². The number of rotatable bonds is 6. The Balaban J connectivity index is 1.33. The van der Waals surface area contributed by atoms with E-state index in [2.05, 4.69) is 15.6 Å². The Morgan fingerprint density at radius 2 is 1.95 bits per heavy atom. The molecule has 1 aromatic carbocycles. The molecule has 0 aliphatic carbocycles. The first-order valence-corrected chi connectivity index (χ1v) is 12.5. The predicted octanol–water partition coefficient (Wildman–Crippen LogP) is 2.33. The minimum atomic E-state index is -4.48. The van der Waals surface area contributed by atoms with Crippen LogP contribution in [0, 0.1) is 0 Å². The number of halogens is 3. The summed E-state index contributed by atoms with van der Waals surface area (Å²) in [6.45, 7) is 0.544. The molecule has 2 saturated heterocycles. The zero-order valence-electron chi connectivity index (χ0n) is 21.0. The monoisotopic (exact) mass is 539 g/mol. The van der Waals surface area contributed by atoms with Gasteiger partial charge in [-0.25, -0.2) is 9.78 Å². The number of aromatic nitrogens is 2. The summed E-state index contributed by atoms with van der Waals surface area (Å²) in [7, 11) is 1.88. The molecular weight excluding hydrogens is 507 g/mol. The van der Waals surface area contributed by atoms with Gasteiger partial charge in [0.1, 0.15) is 6.10 Å². The number of hydrogen-bond acceptors (Lipinski definition) is 6. The van der Waals surface area contributed by atoms with E-state index in [9.17, 15) is 27.9 Å². The molecule has 0 bridgehead atoms. The number of amides is 3. The number of aliphatic hydroxyl groups is 1. The normalized spacial score (nSPS) is 24.2. The summed E-state index contributed by atoms with van der Waals surface area (Å²) in [5.41, 5.74) is 0.263. The van der Waals surface area contributed by atoms with Crippen molar-refractivity contribution in [2.45, 2.75) is 56.2 Å². The number of hydrogen-bond donors (Lipinski definition) is 3. The Morgan fingerprint density at radius 3 is 2.63 bits per heavy atom. The zero-order valence-corrected chi connectivity index (χ0v) is 21.0. The molecule has 13 heteroatoms. The summed E-state index contributed by atoms with van der Waals surface area (Å²) in [6.07, 6.45) is -0.921. The molecule has 3 N–H and O–H groups in total. The van der Waals surface area contributed by atoms with E-state index in [-0.39, 0.29) is 43.9 Å². The maximum Gasteiger partial charge on any atom is 0.416 e. The number of fused-ring (bicyclic) bond motifs is 1. The number of nitrogens with zero attached hydrogens (tertiary/aromatic N) is 3. The highest BCUT2D eigenvalue weighted by Crippen LogP contribution is 2.31. The third-order valence-corrected chi connectivity index (χ3v) is 6.58. The number of benzene rings is 1. The summed E-state index contributed by atoms with van der Waals surface area (Å²) in [4.78, 5) is 31.3. The van der Waals surface area contributed by atoms with Crippen LogP contribution in [-0.2, 0) is 33.9 Å². The number of aryl methyl sites for hydroxylation is 1. The van der Waals surface area contributed by atoms with Crippen molar-refractivity contribution >= 4 is 17.6 Å². The third kappa shape index (κ3) is 7.45. The largest absolute Gasteiger partial charge is 0.416 e. The lowest BCUT2D eigenvalue weighted by Gasteiger charge is -2.44. The number of ether oxygens (including phenoxy) is 2. The first-order valence-electron chi connectivity index (χ1n) is 12.5. The van der Waals surface area contributed by atoms with E-state index in [4.69, 9.17) is 9.47 Å². The van der Waals surface area contributed by atoms with Gasteiger partial charge in [-0.2, -0.15) is 13.2 Å². The molecule has 2 aliphatic rings. The Bertz CT molecular complexity index is 1090. The van der Waals surface area contributed by atoms with Crippen molar-refractivity contribution in [2.75, 3.05) is 31.6 Å². The molecule has 0 radical (unpaired) electrons. The molecule has 2 aliphatic heterocycles. The molecule has 3 heterocycles. The van der Waals surface area contributed by atoms with Gasteiger partial charge in [-0.3, -0.25) is 4.79 Å². The van der Waals surface area contributed by atoms with Gasteiger partial charge in [0, 0.05) is 31.9 Å². The summed E-state index contributed by atoms with van der Waals surface area (Å²) >= 11 is 0. The standard InChI is InChI=1S/C25H32F3N5O5/c1-32-11-18(30-15-32)8-9-29-23(35)10-20-6-7-21-22(38-20)14-37-13-19(34)12-33(21)24(36)31-17-4-2-16(3-5-17)25(26,27)28/h2-5,11,15,19-22,34H,6-10,12-14H2,1H3,(H,29,35)(H,31,36)/t19-,20+,21-,22+/m1/s1. The van der Waals surface area contributed by atoms with E-state index in [0.29, 0.717) is 25.8 Å². The van der Waals surface area contributed by atoms with Crippen LogP contribution in [0.3, 0.4) is 0 Å². The van der Waals surface area contributed by atoms with Gasteiger partial charge in [0.25, 0.3) is 0 Å². The van der Waals surface area contributed by atoms with Gasteiger partial charge in [-0.05, 0) is 37.1 Å². The molecule has 0 spiro atoms. The lowest BCUT2D eigenvalue weighted by Crippen LogP contribution is -2.58. The van der Waals surface area contributed by atoms with Gasteiger partial charge in [0.2, 0.25) is 5.91 Å². The number of aliphatic hydroxyl groups excluding tert-OH is 1. The number of anilines is 1. The molecule has 208 valence electrons. The Kier molecular flexibility index (Phi) is 8.90. The number of urea groups is 1. The topological polar surface area (TPSA) is 118 Å². The van der Waals surface area contributed by atoms with Crippen molar-refractivity contribution < 1.29 is 37.3 Å². The van der Waals surface area contributed by atoms with Crippen LogP contribution in [0.5, 0.6) is 0 Å². The SMILES string of the molecule is Cn1cnc(CCNC(=O)C[C@@H]2CC[C@@H]3[C@H](COC[C@H](O)CN3C(=O)Nc3ccc(C(F)(F)F)cc3)O2)c1. The molecule has 4 rings (SSSR count). The quantitative estimate of drug-likeness (QED) is 0.519. The van der Waals surface area contributed by atoms with E-state index < -0.39 is 36.0 Å². The summed E-state index contributed by atoms with van der Waals surface area (Å²) in [6, 6.07) is 3.15. The van der Waals surface area contributed by atoms with Gasteiger partial charge in [-0.1, -0.05) is 0 Å². The molecule has 0 saturated carbocycles. The van der Waals surface area contributed by atoms with Crippen LogP contribution in [0.25, 0.3) is 0 Å². The second kappa shape index (κ2) is 12.1. The van der Waals surface area contributed by atoms with Crippen molar-refractivity contribution in [3.63, 3.8) is 0 Å². The average Bonchev–Trinajstić information content (AvgIpc) is 3.26. The van der Waals surface area contributed by atoms with Crippen molar-refractivity contribution in [1.82, 2.24) is 19.8 Å². The second-order valence-corrected chi connectivity index (χ2v) is 9.62. The molecule has 4 atom stereocenters. The highest BCUT2D eigenvalue weighted by Gasteiger charge is 2.40. The highest BCUT2D eigenvalue weighted by atomic mass is 19.4. The van der Waals surface area contributed by atoms with E-state index in [1.54, 1.807) is 6.33 Å². The van der Waals surface area contributed by atoms with E-state index in [1.807, 2.05) is 17.8 Å². The summed E-state index contributed by atoms with van der Waals surface area (Å²) in [5, 5.41) is 15.8. The number of imidazole rings is 1. The fraction of sp³-hybridized carbons (Fsp3) is 0.560. The van der Waals surface area contributed by atoms with Crippen LogP contribution in [0.2, 0.25) is 0 Å². The maximum absolute atomic E-state index is 13.1. The van der Waals surface area contributed by atoms with Crippen LogP contribution in [0.4, 0.5) is 23.7 Å². The van der Waals surface area contributed by atoms with E-state index >= 15 is 0 Å². The van der Waals surface area contributed by atoms with E-state index in [0.717, 1.165) is 17.8 Å². The lowest BCUT2D eigenvalue weighted by atomic mass is 9.95. The molecule has 3 amide bonds. The minimum Gasteiger partial charge on any atom is -0.389 e. The van der Waals surface area contributed by atoms with Gasteiger partial charge < -0.3 is 34.7 Å².